The first kappa shape index (κ1) is 24.3. The van der Waals surface area contributed by atoms with Crippen molar-refractivity contribution in [3.8, 4) is 0 Å². The third kappa shape index (κ3) is 2.70. The molecule has 34 heavy (non-hydrogen) atoms. The molecular weight excluding hydrogens is 424 g/mol. The van der Waals surface area contributed by atoms with Gasteiger partial charge in [0.2, 0.25) is 0 Å². The highest BCUT2D eigenvalue weighted by atomic mass is 16.4. The van der Waals surface area contributed by atoms with Gasteiger partial charge in [-0.3, -0.25) is 9.59 Å². The van der Waals surface area contributed by atoms with Crippen LogP contribution in [-0.4, -0.2) is 28.1 Å². The van der Waals surface area contributed by atoms with Gasteiger partial charge in [-0.2, -0.15) is 0 Å². The van der Waals surface area contributed by atoms with E-state index < -0.39 is 16.8 Å². The van der Waals surface area contributed by atoms with Gasteiger partial charge in [-0.15, -0.1) is 0 Å². The van der Waals surface area contributed by atoms with Gasteiger partial charge in [0.1, 0.15) is 5.78 Å². The lowest BCUT2D eigenvalue weighted by Gasteiger charge is -2.69. The molecule has 2 N–H and O–H groups in total. The number of carboxylic acid groups (broad SMARTS) is 1. The Morgan fingerprint density at radius 2 is 1.62 bits per heavy atom. The van der Waals surface area contributed by atoms with E-state index in [0.717, 1.165) is 37.7 Å². The minimum atomic E-state index is -1.03. The lowest BCUT2D eigenvalue weighted by atomic mass is 9.35. The molecule has 5 aliphatic rings. The molecule has 4 nitrogen and oxygen atoms in total. The van der Waals surface area contributed by atoms with E-state index in [4.69, 9.17) is 0 Å². The summed E-state index contributed by atoms with van der Waals surface area (Å²) in [7, 11) is 0. The highest BCUT2D eigenvalue weighted by Crippen LogP contribution is 2.74. The molecule has 188 valence electrons. The van der Waals surface area contributed by atoms with Gasteiger partial charge in [0.25, 0.3) is 0 Å². The summed E-state index contributed by atoms with van der Waals surface area (Å²) >= 11 is 0. The molecular formula is C30H44O4. The Morgan fingerprint density at radius 1 is 0.941 bits per heavy atom. The molecule has 4 heteroatoms. The number of hydrogen-bond donors (Lipinski definition) is 2. The zero-order chi connectivity index (χ0) is 25.1. The van der Waals surface area contributed by atoms with Crippen molar-refractivity contribution in [2.45, 2.75) is 106 Å². The minimum Gasteiger partial charge on any atom is -0.481 e. The minimum absolute atomic E-state index is 0.0317. The molecule has 3 saturated carbocycles. The van der Waals surface area contributed by atoms with E-state index in [1.54, 1.807) is 0 Å². The molecule has 0 spiro atoms. The van der Waals surface area contributed by atoms with E-state index in [1.807, 2.05) is 13.8 Å². The fraction of sp³-hybridized carbons (Fsp3) is 0.800. The number of ketones is 1. The first-order valence-electron chi connectivity index (χ1n) is 13.4. The molecule has 5 rings (SSSR count). The first-order chi connectivity index (χ1) is 15.6. The van der Waals surface area contributed by atoms with Crippen LogP contribution >= 0.6 is 0 Å². The Labute approximate surface area is 205 Å². The molecule has 0 amide bonds. The number of hydrogen-bond acceptors (Lipinski definition) is 3. The van der Waals surface area contributed by atoms with Crippen LogP contribution in [0, 0.1) is 44.3 Å². The van der Waals surface area contributed by atoms with Crippen LogP contribution in [0.5, 0.6) is 0 Å². The number of carboxylic acids is 1. The second kappa shape index (κ2) is 6.87. The van der Waals surface area contributed by atoms with E-state index in [-0.39, 0.29) is 40.0 Å². The molecule has 0 saturated heterocycles. The number of aliphatic hydroxyl groups is 1. The highest BCUT2D eigenvalue weighted by Gasteiger charge is 2.67. The van der Waals surface area contributed by atoms with Crippen molar-refractivity contribution in [3.05, 3.63) is 23.3 Å². The summed E-state index contributed by atoms with van der Waals surface area (Å²) in [6.45, 7) is 15.8. The van der Waals surface area contributed by atoms with Crippen molar-refractivity contribution in [3.63, 3.8) is 0 Å². The molecule has 0 aromatic heterocycles. The van der Waals surface area contributed by atoms with Gasteiger partial charge in [0, 0.05) is 11.8 Å². The van der Waals surface area contributed by atoms with Crippen LogP contribution in [0.25, 0.3) is 0 Å². The summed E-state index contributed by atoms with van der Waals surface area (Å²) in [4.78, 5) is 25.7. The van der Waals surface area contributed by atoms with Crippen molar-refractivity contribution in [2.24, 2.45) is 44.3 Å². The summed E-state index contributed by atoms with van der Waals surface area (Å²) in [6, 6.07) is 0. The Balaban J connectivity index is 1.69. The van der Waals surface area contributed by atoms with Crippen molar-refractivity contribution >= 4 is 11.8 Å². The van der Waals surface area contributed by atoms with Crippen LogP contribution in [0.2, 0.25) is 0 Å². The normalized spacial score (nSPS) is 48.9. The van der Waals surface area contributed by atoms with Gasteiger partial charge in [0.15, 0.2) is 0 Å². The van der Waals surface area contributed by atoms with E-state index >= 15 is 0 Å². The summed E-state index contributed by atoms with van der Waals surface area (Å²) < 4.78 is 0. The predicted molar refractivity (Wildman–Crippen MR) is 133 cm³/mol. The summed E-state index contributed by atoms with van der Waals surface area (Å²) in [5.74, 6) is 0.135. The van der Waals surface area contributed by atoms with Crippen molar-refractivity contribution in [2.75, 3.05) is 0 Å². The molecule has 0 bridgehead atoms. The number of rotatable bonds is 1. The maximum absolute atomic E-state index is 13.0. The van der Waals surface area contributed by atoms with Crippen LogP contribution in [0.3, 0.4) is 0 Å². The molecule has 0 radical (unpaired) electrons. The number of Topliss-reactive ketones (excluding diaryl/α,β-unsaturated/α-hetero) is 1. The van der Waals surface area contributed by atoms with Crippen molar-refractivity contribution in [1.82, 2.24) is 0 Å². The van der Waals surface area contributed by atoms with Crippen LogP contribution < -0.4 is 0 Å². The summed E-state index contributed by atoms with van der Waals surface area (Å²) in [5.41, 5.74) is 0.647. The number of carbonyl (C=O) groups is 2. The molecule has 5 aliphatic carbocycles. The highest BCUT2D eigenvalue weighted by molar-refractivity contribution is 5.94. The molecule has 0 aliphatic heterocycles. The maximum atomic E-state index is 13.0. The number of allylic oxidation sites excluding steroid dienone is 3. The van der Waals surface area contributed by atoms with Gasteiger partial charge in [-0.1, -0.05) is 60.6 Å². The standard InChI is InChI=1S/C30H44O4/c1-25(2)16-19-18-8-9-21-27(5)12-11-22(31)26(3,4)20(27)10-13-29(21,7)28(18,6)14-15-30(19,24(33)34)17-23(25)32/h8-9,20-22,31H,10-17H2,1-7H3,(H,33,34)/t20-,21+,22-,27-,28+,29+,30+/m0/s1. The second-order valence-electron chi connectivity index (χ2n) is 14.5. The topological polar surface area (TPSA) is 74.6 Å². The van der Waals surface area contributed by atoms with Gasteiger partial charge < -0.3 is 10.2 Å². The molecule has 0 aromatic rings. The average molecular weight is 469 g/mol. The number of fused-ring (bicyclic) bond motifs is 6. The van der Waals surface area contributed by atoms with Gasteiger partial charge >= 0.3 is 5.97 Å². The van der Waals surface area contributed by atoms with Crippen LogP contribution in [-0.2, 0) is 9.59 Å². The van der Waals surface area contributed by atoms with E-state index in [1.165, 1.54) is 5.57 Å². The van der Waals surface area contributed by atoms with Crippen molar-refractivity contribution < 1.29 is 19.8 Å². The SMILES string of the molecule is CC1(C)CC2=C3C=C[C@@H]4[C@@]5(C)CC[C@H](O)C(C)(C)[C@@H]5CC[C@@]4(C)[C@]3(C)CC[C@@]2(C(=O)O)CC1=O. The van der Waals surface area contributed by atoms with Crippen LogP contribution in [0.4, 0.5) is 0 Å². The Kier molecular flexibility index (Phi) is 4.90. The maximum Gasteiger partial charge on any atom is 0.314 e. The quantitative estimate of drug-likeness (QED) is 0.471. The number of carbonyl (C=O) groups excluding carboxylic acids is 1. The molecule has 0 aromatic carbocycles. The fourth-order valence-corrected chi connectivity index (χ4v) is 9.76. The average Bonchev–Trinajstić information content (AvgIpc) is 2.72. The van der Waals surface area contributed by atoms with Crippen LogP contribution in [0.15, 0.2) is 23.3 Å². The third-order valence-electron chi connectivity index (χ3n) is 12.4. The summed E-state index contributed by atoms with van der Waals surface area (Å²) in [5, 5.41) is 21.3. The molecule has 0 unspecified atom stereocenters. The molecule has 0 heterocycles. The largest absolute Gasteiger partial charge is 0.481 e. The van der Waals surface area contributed by atoms with Crippen molar-refractivity contribution in [1.29, 1.82) is 0 Å². The Morgan fingerprint density at radius 3 is 2.26 bits per heavy atom. The summed E-state index contributed by atoms with van der Waals surface area (Å²) in [6.07, 6.45) is 10.6. The lowest BCUT2D eigenvalue weighted by Crippen LogP contribution is -2.63. The predicted octanol–water partition coefficient (Wildman–Crippen LogP) is 6.33. The Hall–Kier alpha value is -1.42. The van der Waals surface area contributed by atoms with E-state index in [9.17, 15) is 19.8 Å². The van der Waals surface area contributed by atoms with E-state index in [0.29, 0.717) is 24.7 Å². The number of aliphatic carboxylic acids is 1. The second-order valence-corrected chi connectivity index (χ2v) is 14.5. The van der Waals surface area contributed by atoms with Gasteiger partial charge in [-0.25, -0.2) is 0 Å². The monoisotopic (exact) mass is 468 g/mol. The van der Waals surface area contributed by atoms with Gasteiger partial charge in [-0.05, 0) is 89.6 Å². The zero-order valence-corrected chi connectivity index (χ0v) is 22.3. The van der Waals surface area contributed by atoms with E-state index in [2.05, 4.69) is 46.8 Å². The fourth-order valence-electron chi connectivity index (χ4n) is 9.76. The Bertz CT molecular complexity index is 1020. The molecule has 7 atom stereocenters. The molecule has 3 fully saturated rings. The zero-order valence-electron chi connectivity index (χ0n) is 22.3. The van der Waals surface area contributed by atoms with Gasteiger partial charge in [0.05, 0.1) is 11.5 Å². The first-order valence-corrected chi connectivity index (χ1v) is 13.4. The number of aliphatic hydroxyl groups excluding tert-OH is 1. The third-order valence-corrected chi connectivity index (χ3v) is 12.4. The smallest absolute Gasteiger partial charge is 0.314 e. The lowest BCUT2D eigenvalue weighted by molar-refractivity contribution is -0.183. The van der Waals surface area contributed by atoms with Crippen LogP contribution in [0.1, 0.15) is 99.8 Å².